The molecule has 4 heterocycles. The van der Waals surface area contributed by atoms with Crippen LogP contribution >= 0.6 is 0 Å². The Hall–Kier alpha value is -2.94. The first-order valence-corrected chi connectivity index (χ1v) is 10.2. The highest BCUT2D eigenvalue weighted by Gasteiger charge is 2.26. The third-order valence-electron chi connectivity index (χ3n) is 5.72. The van der Waals surface area contributed by atoms with Crippen molar-refractivity contribution in [2.75, 3.05) is 30.8 Å². The third kappa shape index (κ3) is 3.82. The summed E-state index contributed by atoms with van der Waals surface area (Å²) in [5, 5.41) is 13.9. The van der Waals surface area contributed by atoms with E-state index in [0.29, 0.717) is 23.3 Å². The van der Waals surface area contributed by atoms with Gasteiger partial charge in [0, 0.05) is 29.3 Å². The molecule has 9 heteroatoms. The first-order chi connectivity index (χ1) is 14.0. The van der Waals surface area contributed by atoms with Crippen LogP contribution in [-0.2, 0) is 9.59 Å². The van der Waals surface area contributed by atoms with E-state index in [4.69, 9.17) is 4.98 Å². The minimum Gasteiger partial charge on any atom is -0.367 e. The highest BCUT2D eigenvalue weighted by atomic mass is 16.2. The van der Waals surface area contributed by atoms with Gasteiger partial charge < -0.3 is 15.5 Å². The molecule has 9 nitrogen and oxygen atoms in total. The number of carbonyl (C=O) groups is 2. The van der Waals surface area contributed by atoms with E-state index in [-0.39, 0.29) is 18.2 Å². The number of rotatable bonds is 5. The second-order valence-corrected chi connectivity index (χ2v) is 8.23. The number of hydrogen-bond donors (Lipinski definition) is 3. The number of likely N-dealkylation sites (tertiary alicyclic amines) is 1. The van der Waals surface area contributed by atoms with Gasteiger partial charge in [-0.3, -0.25) is 14.9 Å². The van der Waals surface area contributed by atoms with Crippen molar-refractivity contribution in [1.82, 2.24) is 24.8 Å². The second-order valence-electron chi connectivity index (χ2n) is 8.23. The molecule has 3 N–H and O–H groups in total. The molecule has 2 aliphatic heterocycles. The molecule has 1 saturated carbocycles. The van der Waals surface area contributed by atoms with Crippen LogP contribution in [0.25, 0.3) is 11.7 Å². The Labute approximate surface area is 168 Å². The van der Waals surface area contributed by atoms with Gasteiger partial charge in [-0.25, -0.2) is 4.98 Å². The van der Waals surface area contributed by atoms with E-state index in [2.05, 4.69) is 33.0 Å². The van der Waals surface area contributed by atoms with E-state index < -0.39 is 0 Å². The van der Waals surface area contributed by atoms with Crippen LogP contribution in [0.3, 0.4) is 0 Å². The Morgan fingerprint density at radius 3 is 2.59 bits per heavy atom. The molecule has 2 saturated heterocycles. The second kappa shape index (κ2) is 7.14. The zero-order valence-electron chi connectivity index (χ0n) is 16.4. The van der Waals surface area contributed by atoms with Crippen LogP contribution in [0.4, 0.5) is 11.6 Å². The first-order valence-electron chi connectivity index (χ1n) is 10.2. The van der Waals surface area contributed by atoms with Gasteiger partial charge in [0.05, 0.1) is 12.6 Å². The molecule has 152 valence electrons. The molecule has 0 bridgehead atoms. The molecule has 0 aromatic carbocycles. The minimum absolute atomic E-state index is 0.0941. The summed E-state index contributed by atoms with van der Waals surface area (Å²) in [7, 11) is 2.15. The van der Waals surface area contributed by atoms with Crippen LogP contribution < -0.4 is 16.0 Å². The molecule has 0 unspecified atom stereocenters. The van der Waals surface area contributed by atoms with Crippen molar-refractivity contribution >= 4 is 35.2 Å². The van der Waals surface area contributed by atoms with E-state index in [0.717, 1.165) is 56.0 Å². The highest BCUT2D eigenvalue weighted by Crippen LogP contribution is 2.28. The predicted molar refractivity (Wildman–Crippen MR) is 110 cm³/mol. The number of imide groups is 1. The van der Waals surface area contributed by atoms with Crippen molar-refractivity contribution < 1.29 is 9.59 Å². The van der Waals surface area contributed by atoms with E-state index in [1.807, 2.05) is 6.07 Å². The number of nitrogens with one attached hydrogen (secondary N) is 3. The van der Waals surface area contributed by atoms with E-state index in [1.165, 1.54) is 0 Å². The largest absolute Gasteiger partial charge is 0.367 e. The van der Waals surface area contributed by atoms with Gasteiger partial charge in [-0.1, -0.05) is 0 Å². The maximum atomic E-state index is 11.9. The summed E-state index contributed by atoms with van der Waals surface area (Å²) in [5.74, 6) is 1.09. The maximum Gasteiger partial charge on any atom is 0.254 e. The summed E-state index contributed by atoms with van der Waals surface area (Å²) < 4.78 is 1.78. The van der Waals surface area contributed by atoms with E-state index >= 15 is 0 Å². The number of nitrogens with zero attached hydrogens (tertiary/aromatic N) is 4. The van der Waals surface area contributed by atoms with Gasteiger partial charge in [0.15, 0.2) is 5.65 Å². The lowest BCUT2D eigenvalue weighted by Crippen LogP contribution is -2.36. The maximum absolute atomic E-state index is 11.9. The molecule has 3 fully saturated rings. The molecular weight excluding hydrogens is 370 g/mol. The molecule has 2 amide bonds. The summed E-state index contributed by atoms with van der Waals surface area (Å²) in [5.41, 5.74) is 1.85. The van der Waals surface area contributed by atoms with E-state index in [1.54, 1.807) is 16.8 Å². The normalized spacial score (nSPS) is 22.4. The lowest BCUT2D eigenvalue weighted by atomic mass is 10.1. The van der Waals surface area contributed by atoms with Gasteiger partial charge in [-0.05, 0) is 51.9 Å². The fourth-order valence-electron chi connectivity index (χ4n) is 3.87. The lowest BCUT2D eigenvalue weighted by molar-refractivity contribution is -0.124. The predicted octanol–water partition coefficient (Wildman–Crippen LogP) is 1.24. The Kier molecular flexibility index (Phi) is 4.46. The van der Waals surface area contributed by atoms with E-state index in [9.17, 15) is 9.59 Å². The van der Waals surface area contributed by atoms with Crippen molar-refractivity contribution in [2.45, 2.75) is 44.2 Å². The minimum atomic E-state index is -0.341. The number of piperidine rings is 1. The fourth-order valence-corrected chi connectivity index (χ4v) is 3.87. The average Bonchev–Trinajstić information content (AvgIpc) is 3.33. The first kappa shape index (κ1) is 18.1. The summed E-state index contributed by atoms with van der Waals surface area (Å²) in [4.78, 5) is 30.6. The Morgan fingerprint density at radius 1 is 1.14 bits per heavy atom. The number of carbonyl (C=O) groups excluding carboxylic acids is 2. The average molecular weight is 395 g/mol. The Bertz CT molecular complexity index is 1000. The number of fused-ring (bicyclic) bond motifs is 1. The zero-order valence-corrected chi connectivity index (χ0v) is 16.4. The number of hydrogen-bond acceptors (Lipinski definition) is 7. The highest BCUT2D eigenvalue weighted by molar-refractivity contribution is 6.15. The van der Waals surface area contributed by atoms with Crippen molar-refractivity contribution in [3.8, 4) is 0 Å². The quantitative estimate of drug-likeness (QED) is 0.517. The third-order valence-corrected chi connectivity index (χ3v) is 5.72. The molecule has 5 rings (SSSR count). The Balaban J connectivity index is 1.49. The molecule has 0 radical (unpaired) electrons. The summed E-state index contributed by atoms with van der Waals surface area (Å²) >= 11 is 0. The Morgan fingerprint density at radius 2 is 1.90 bits per heavy atom. The van der Waals surface area contributed by atoms with Crippen LogP contribution in [0, 0.1) is 0 Å². The van der Waals surface area contributed by atoms with Crippen LogP contribution in [0.2, 0.25) is 0 Å². The van der Waals surface area contributed by atoms with Gasteiger partial charge in [-0.2, -0.15) is 9.61 Å². The molecule has 0 atom stereocenters. The topological polar surface area (TPSA) is 104 Å². The number of anilines is 2. The van der Waals surface area contributed by atoms with Crippen molar-refractivity contribution in [2.24, 2.45) is 0 Å². The summed E-state index contributed by atoms with van der Waals surface area (Å²) in [6.45, 7) is 2.14. The van der Waals surface area contributed by atoms with Crippen LogP contribution in [-0.4, -0.2) is 63.5 Å². The molecule has 2 aromatic heterocycles. The van der Waals surface area contributed by atoms with Gasteiger partial charge >= 0.3 is 0 Å². The van der Waals surface area contributed by atoms with Crippen LogP contribution in [0.5, 0.6) is 0 Å². The fraction of sp³-hybridized carbons (Fsp3) is 0.500. The van der Waals surface area contributed by atoms with Crippen molar-refractivity contribution in [1.29, 1.82) is 0 Å². The van der Waals surface area contributed by atoms with Gasteiger partial charge in [0.2, 0.25) is 5.91 Å². The molecule has 3 aliphatic rings. The molecular formula is C20H25N7O2. The zero-order chi connectivity index (χ0) is 20.0. The lowest BCUT2D eigenvalue weighted by Gasteiger charge is -2.29. The summed E-state index contributed by atoms with van der Waals surface area (Å²) in [6.07, 6.45) is 7.97. The molecule has 1 aliphatic carbocycles. The van der Waals surface area contributed by atoms with Crippen LogP contribution in [0.15, 0.2) is 17.8 Å². The van der Waals surface area contributed by atoms with Gasteiger partial charge in [0.25, 0.3) is 5.91 Å². The number of aromatic nitrogens is 3. The smallest absolute Gasteiger partial charge is 0.254 e. The molecule has 2 aromatic rings. The number of amides is 2. The monoisotopic (exact) mass is 395 g/mol. The van der Waals surface area contributed by atoms with Crippen LogP contribution in [0.1, 0.15) is 37.7 Å². The molecule has 0 spiro atoms. The summed E-state index contributed by atoms with van der Waals surface area (Å²) in [6, 6.07) is 2.87. The SMILES string of the molecule is CN1CCC(Nc2cc(NC3CC3)n3ncc(/C=C4\CC(=O)NC4=O)c3n2)CC1. The van der Waals surface area contributed by atoms with Crippen molar-refractivity contribution in [3.63, 3.8) is 0 Å². The standard InChI is InChI=1S/C20H25N7O2/c1-26-6-4-15(5-7-26)22-16-10-17(23-14-2-3-14)27-19(24-16)13(11-21-27)8-12-9-18(28)25-20(12)29/h8,10-11,14-15,23H,2-7,9H2,1H3,(H,22,24)(H,25,28,29)/b12-8+. The van der Waals surface area contributed by atoms with Crippen molar-refractivity contribution in [3.05, 3.63) is 23.4 Å². The van der Waals surface area contributed by atoms with Gasteiger partial charge in [-0.15, -0.1) is 0 Å². The molecule has 29 heavy (non-hydrogen) atoms. The van der Waals surface area contributed by atoms with Gasteiger partial charge in [0.1, 0.15) is 11.6 Å².